The van der Waals surface area contributed by atoms with Crippen LogP contribution < -0.4 is 5.32 Å². The lowest BCUT2D eigenvalue weighted by Gasteiger charge is -2.28. The van der Waals surface area contributed by atoms with E-state index in [4.69, 9.17) is 0 Å². The van der Waals surface area contributed by atoms with Gasteiger partial charge in [-0.25, -0.2) is 0 Å². The third-order valence-corrected chi connectivity index (χ3v) is 4.22. The van der Waals surface area contributed by atoms with Gasteiger partial charge in [0.2, 0.25) is 5.91 Å². The molecule has 6 nitrogen and oxygen atoms in total. The molecule has 0 radical (unpaired) electrons. The summed E-state index contributed by atoms with van der Waals surface area (Å²) in [6.45, 7) is 4.43. The molecule has 0 spiro atoms. The summed E-state index contributed by atoms with van der Waals surface area (Å²) in [5, 5.41) is 11.3. The number of hydrogen-bond acceptors (Lipinski definition) is 4. The Morgan fingerprint density at radius 1 is 1.37 bits per heavy atom. The highest BCUT2D eigenvalue weighted by Crippen LogP contribution is 2.19. The lowest BCUT2D eigenvalue weighted by atomic mass is 9.93. The first-order valence-corrected chi connectivity index (χ1v) is 7.18. The minimum Gasteiger partial charge on any atom is -0.333 e. The van der Waals surface area contributed by atoms with Gasteiger partial charge in [-0.05, 0) is 38.3 Å². The molecule has 3 heterocycles. The molecule has 0 bridgehead atoms. The predicted octanol–water partition coefficient (Wildman–Crippen LogP) is 0.400. The lowest BCUT2D eigenvalue weighted by Crippen LogP contribution is -2.38. The molecule has 1 amide bonds. The summed E-state index contributed by atoms with van der Waals surface area (Å²) < 4.78 is 2.02. The van der Waals surface area contributed by atoms with Crippen molar-refractivity contribution < 1.29 is 4.79 Å². The van der Waals surface area contributed by atoms with Gasteiger partial charge < -0.3 is 14.8 Å². The van der Waals surface area contributed by atoms with E-state index in [0.717, 1.165) is 44.3 Å². The Morgan fingerprint density at radius 3 is 3.05 bits per heavy atom. The van der Waals surface area contributed by atoms with Crippen molar-refractivity contribution in [2.75, 3.05) is 19.6 Å². The maximum Gasteiger partial charge on any atom is 0.223 e. The molecular weight excluding hydrogens is 242 g/mol. The number of fused-ring (bicyclic) bond motifs is 1. The summed E-state index contributed by atoms with van der Waals surface area (Å²) in [4.78, 5) is 14.1. The summed E-state index contributed by atoms with van der Waals surface area (Å²) in [5.74, 6) is 1.90. The molecule has 1 aromatic rings. The molecule has 104 valence electrons. The number of piperidine rings is 1. The van der Waals surface area contributed by atoms with Gasteiger partial charge >= 0.3 is 0 Å². The molecule has 0 saturated carbocycles. The molecule has 2 aliphatic rings. The van der Waals surface area contributed by atoms with E-state index in [0.29, 0.717) is 13.0 Å². The van der Waals surface area contributed by atoms with Gasteiger partial charge in [0, 0.05) is 19.5 Å². The largest absolute Gasteiger partial charge is 0.333 e. The SMILES string of the molecule is O=C(CCC1CCNCC1)N1CCn2cnnc2C1. The van der Waals surface area contributed by atoms with E-state index in [9.17, 15) is 4.79 Å². The van der Waals surface area contributed by atoms with Gasteiger partial charge in [0.15, 0.2) is 5.82 Å². The molecule has 1 aromatic heterocycles. The zero-order valence-corrected chi connectivity index (χ0v) is 11.2. The summed E-state index contributed by atoms with van der Waals surface area (Å²) in [5.41, 5.74) is 0. The van der Waals surface area contributed by atoms with Crippen LogP contribution in [0.25, 0.3) is 0 Å². The third-order valence-electron chi connectivity index (χ3n) is 4.22. The van der Waals surface area contributed by atoms with Gasteiger partial charge in [-0.3, -0.25) is 4.79 Å². The fraction of sp³-hybridized carbons (Fsp3) is 0.769. The molecule has 3 rings (SSSR count). The second kappa shape index (κ2) is 5.69. The maximum atomic E-state index is 12.2. The van der Waals surface area contributed by atoms with Gasteiger partial charge in [-0.2, -0.15) is 0 Å². The van der Waals surface area contributed by atoms with E-state index in [2.05, 4.69) is 15.5 Å². The smallest absolute Gasteiger partial charge is 0.223 e. The third kappa shape index (κ3) is 2.94. The van der Waals surface area contributed by atoms with Crippen LogP contribution in [0.1, 0.15) is 31.5 Å². The molecule has 1 N–H and O–H groups in total. The van der Waals surface area contributed by atoms with Crippen molar-refractivity contribution in [3.05, 3.63) is 12.2 Å². The zero-order chi connectivity index (χ0) is 13.1. The number of hydrogen-bond donors (Lipinski definition) is 1. The van der Waals surface area contributed by atoms with Crippen LogP contribution in [0.5, 0.6) is 0 Å². The van der Waals surface area contributed by atoms with Crippen LogP contribution in [0.15, 0.2) is 6.33 Å². The number of nitrogens with one attached hydrogen (secondary N) is 1. The van der Waals surface area contributed by atoms with Crippen LogP contribution >= 0.6 is 0 Å². The molecule has 0 aromatic carbocycles. The van der Waals surface area contributed by atoms with Crippen LogP contribution in [0.4, 0.5) is 0 Å². The number of aromatic nitrogens is 3. The Morgan fingerprint density at radius 2 is 2.21 bits per heavy atom. The van der Waals surface area contributed by atoms with Crippen molar-refractivity contribution in [1.29, 1.82) is 0 Å². The van der Waals surface area contributed by atoms with E-state index in [1.54, 1.807) is 6.33 Å². The minimum absolute atomic E-state index is 0.271. The zero-order valence-electron chi connectivity index (χ0n) is 11.2. The van der Waals surface area contributed by atoms with Crippen molar-refractivity contribution in [3.8, 4) is 0 Å². The van der Waals surface area contributed by atoms with Gasteiger partial charge in [0.05, 0.1) is 6.54 Å². The van der Waals surface area contributed by atoms with Gasteiger partial charge in [0.25, 0.3) is 0 Å². The number of carbonyl (C=O) groups is 1. The van der Waals surface area contributed by atoms with Gasteiger partial charge in [-0.15, -0.1) is 10.2 Å². The first-order chi connectivity index (χ1) is 9.33. The van der Waals surface area contributed by atoms with E-state index >= 15 is 0 Å². The van der Waals surface area contributed by atoms with Gasteiger partial charge in [-0.1, -0.05) is 0 Å². The van der Waals surface area contributed by atoms with E-state index < -0.39 is 0 Å². The summed E-state index contributed by atoms with van der Waals surface area (Å²) in [6, 6.07) is 0. The Hall–Kier alpha value is -1.43. The fourth-order valence-corrected chi connectivity index (χ4v) is 2.94. The Bertz CT molecular complexity index is 438. The number of rotatable bonds is 3. The normalized spacial score (nSPS) is 20.3. The van der Waals surface area contributed by atoms with Crippen LogP contribution in [0.3, 0.4) is 0 Å². The highest BCUT2D eigenvalue weighted by atomic mass is 16.2. The van der Waals surface area contributed by atoms with Crippen LogP contribution in [0.2, 0.25) is 0 Å². The second-order valence-corrected chi connectivity index (χ2v) is 5.49. The Labute approximate surface area is 113 Å². The van der Waals surface area contributed by atoms with Crippen molar-refractivity contribution in [1.82, 2.24) is 25.0 Å². The lowest BCUT2D eigenvalue weighted by molar-refractivity contribution is -0.133. The minimum atomic E-state index is 0.271. The van der Waals surface area contributed by atoms with Gasteiger partial charge in [0.1, 0.15) is 6.33 Å². The van der Waals surface area contributed by atoms with E-state index in [1.165, 1.54) is 12.8 Å². The number of nitrogens with zero attached hydrogens (tertiary/aromatic N) is 4. The number of carbonyl (C=O) groups excluding carboxylic acids is 1. The second-order valence-electron chi connectivity index (χ2n) is 5.49. The molecule has 1 saturated heterocycles. The van der Waals surface area contributed by atoms with Crippen molar-refractivity contribution in [3.63, 3.8) is 0 Å². The quantitative estimate of drug-likeness (QED) is 0.857. The molecule has 2 aliphatic heterocycles. The topological polar surface area (TPSA) is 63.1 Å². The molecule has 0 atom stereocenters. The van der Waals surface area contributed by atoms with Crippen LogP contribution in [0, 0.1) is 5.92 Å². The van der Waals surface area contributed by atoms with Crippen molar-refractivity contribution in [2.45, 2.75) is 38.8 Å². The average Bonchev–Trinajstić information content (AvgIpc) is 2.93. The standard InChI is InChI=1S/C13H21N5O/c19-13(2-1-11-3-5-14-6-4-11)17-7-8-18-10-15-16-12(18)9-17/h10-11,14H,1-9H2. The fourth-order valence-electron chi connectivity index (χ4n) is 2.94. The number of amides is 1. The highest BCUT2D eigenvalue weighted by molar-refractivity contribution is 5.76. The summed E-state index contributed by atoms with van der Waals surface area (Å²) in [7, 11) is 0. The Kier molecular flexibility index (Phi) is 3.77. The van der Waals surface area contributed by atoms with Crippen molar-refractivity contribution >= 4 is 5.91 Å². The monoisotopic (exact) mass is 263 g/mol. The van der Waals surface area contributed by atoms with E-state index in [-0.39, 0.29) is 5.91 Å². The molecule has 1 fully saturated rings. The first kappa shape index (κ1) is 12.6. The highest BCUT2D eigenvalue weighted by Gasteiger charge is 2.22. The first-order valence-electron chi connectivity index (χ1n) is 7.18. The summed E-state index contributed by atoms with van der Waals surface area (Å²) >= 11 is 0. The molecule has 6 heteroatoms. The van der Waals surface area contributed by atoms with Crippen LogP contribution in [-0.2, 0) is 17.9 Å². The predicted molar refractivity (Wildman–Crippen MR) is 70.3 cm³/mol. The Balaban J connectivity index is 1.48. The summed E-state index contributed by atoms with van der Waals surface area (Å²) in [6.07, 6.45) is 5.87. The molecule has 0 aliphatic carbocycles. The average molecular weight is 263 g/mol. The molecular formula is C13H21N5O. The molecule has 0 unspecified atom stereocenters. The van der Waals surface area contributed by atoms with Crippen LogP contribution in [-0.4, -0.2) is 45.2 Å². The maximum absolute atomic E-state index is 12.2. The van der Waals surface area contributed by atoms with Crippen molar-refractivity contribution in [2.24, 2.45) is 5.92 Å². The van der Waals surface area contributed by atoms with E-state index in [1.807, 2.05) is 9.47 Å². The molecule has 19 heavy (non-hydrogen) atoms.